The molecule has 7 heteroatoms. The molecule has 3 aromatic rings. The molecule has 27 heavy (non-hydrogen) atoms. The van der Waals surface area contributed by atoms with Gasteiger partial charge in [0.05, 0.1) is 17.5 Å². The fraction of sp³-hybridized carbons (Fsp3) is 0.200. The average Bonchev–Trinajstić information content (AvgIpc) is 2.69. The predicted octanol–water partition coefficient (Wildman–Crippen LogP) is 1.34. The number of rotatable bonds is 6. The van der Waals surface area contributed by atoms with E-state index in [0.29, 0.717) is 16.5 Å². The monoisotopic (exact) mass is 365 g/mol. The fourth-order valence-electron chi connectivity index (χ4n) is 2.68. The number of nitrogens with one attached hydrogen (secondary N) is 1. The van der Waals surface area contributed by atoms with E-state index < -0.39 is 5.97 Å². The Kier molecular flexibility index (Phi) is 5.61. The topological polar surface area (TPSA) is 90.3 Å². The standard InChI is InChI=1S/C20H19N3O4/c1-23-20(26)16-10-6-5-9-15(16)17(22-23)11-18(24)21-12-19(25)27-13-14-7-3-2-4-8-14/h2-10H,11-13H2,1H3,(H,21,24). The molecule has 0 unspecified atom stereocenters. The Labute approximate surface area is 155 Å². The zero-order valence-electron chi connectivity index (χ0n) is 14.8. The molecule has 1 aromatic heterocycles. The van der Waals surface area contributed by atoms with Crippen LogP contribution < -0.4 is 10.9 Å². The van der Waals surface area contributed by atoms with E-state index in [1.807, 2.05) is 30.3 Å². The Hall–Kier alpha value is -3.48. The quantitative estimate of drug-likeness (QED) is 0.666. The summed E-state index contributed by atoms with van der Waals surface area (Å²) in [6.07, 6.45) is -0.0411. The van der Waals surface area contributed by atoms with Gasteiger partial charge in [-0.05, 0) is 11.6 Å². The molecule has 0 atom stereocenters. The van der Waals surface area contributed by atoms with Crippen LogP contribution in [0.15, 0.2) is 59.4 Å². The lowest BCUT2D eigenvalue weighted by Gasteiger charge is -2.09. The van der Waals surface area contributed by atoms with Crippen LogP contribution in [0.2, 0.25) is 0 Å². The zero-order valence-corrected chi connectivity index (χ0v) is 14.8. The van der Waals surface area contributed by atoms with Gasteiger partial charge in [-0.1, -0.05) is 48.5 Å². The highest BCUT2D eigenvalue weighted by atomic mass is 16.5. The van der Waals surface area contributed by atoms with E-state index in [9.17, 15) is 14.4 Å². The van der Waals surface area contributed by atoms with Crippen LogP contribution in [0.3, 0.4) is 0 Å². The summed E-state index contributed by atoms with van der Waals surface area (Å²) in [6, 6.07) is 16.3. The van der Waals surface area contributed by atoms with Crippen molar-refractivity contribution in [3.8, 4) is 0 Å². The summed E-state index contributed by atoms with van der Waals surface area (Å²) in [4.78, 5) is 36.1. The number of aromatic nitrogens is 2. The lowest BCUT2D eigenvalue weighted by molar-refractivity contribution is -0.145. The van der Waals surface area contributed by atoms with Crippen molar-refractivity contribution in [3.05, 3.63) is 76.2 Å². The summed E-state index contributed by atoms with van der Waals surface area (Å²) in [5.41, 5.74) is 1.13. The molecule has 7 nitrogen and oxygen atoms in total. The van der Waals surface area contributed by atoms with E-state index >= 15 is 0 Å². The molecule has 0 bridgehead atoms. The normalized spacial score (nSPS) is 10.6. The summed E-state index contributed by atoms with van der Waals surface area (Å²) >= 11 is 0. The van der Waals surface area contributed by atoms with Crippen molar-refractivity contribution in [1.29, 1.82) is 0 Å². The van der Waals surface area contributed by atoms with Crippen molar-refractivity contribution >= 4 is 22.6 Å². The minimum absolute atomic E-state index is 0.0411. The summed E-state index contributed by atoms with van der Waals surface area (Å²) < 4.78 is 6.33. The summed E-state index contributed by atoms with van der Waals surface area (Å²) in [5.74, 6) is -0.895. The van der Waals surface area contributed by atoms with Crippen LogP contribution in [0, 0.1) is 0 Å². The Morgan fingerprint density at radius 1 is 1.04 bits per heavy atom. The number of amides is 1. The molecule has 1 heterocycles. The molecule has 0 radical (unpaired) electrons. The van der Waals surface area contributed by atoms with Gasteiger partial charge in [-0.15, -0.1) is 0 Å². The Bertz CT molecular complexity index is 1030. The molecule has 3 rings (SSSR count). The minimum atomic E-state index is -0.523. The molecule has 0 fully saturated rings. The average molecular weight is 365 g/mol. The van der Waals surface area contributed by atoms with Gasteiger partial charge in [-0.3, -0.25) is 14.4 Å². The van der Waals surface area contributed by atoms with Crippen molar-refractivity contribution in [2.75, 3.05) is 6.54 Å². The van der Waals surface area contributed by atoms with Crippen LogP contribution in [0.25, 0.3) is 10.8 Å². The first-order valence-corrected chi connectivity index (χ1v) is 8.46. The van der Waals surface area contributed by atoms with Crippen molar-refractivity contribution in [1.82, 2.24) is 15.1 Å². The first-order chi connectivity index (χ1) is 13.0. The summed E-state index contributed by atoms with van der Waals surface area (Å²) in [7, 11) is 1.54. The molecule has 0 aliphatic rings. The number of fused-ring (bicyclic) bond motifs is 1. The summed E-state index contributed by atoms with van der Waals surface area (Å²) in [6.45, 7) is -0.0715. The summed E-state index contributed by atoms with van der Waals surface area (Å²) in [5, 5.41) is 7.82. The smallest absolute Gasteiger partial charge is 0.325 e. The lowest BCUT2D eigenvalue weighted by atomic mass is 10.1. The van der Waals surface area contributed by atoms with E-state index in [1.54, 1.807) is 24.3 Å². The number of esters is 1. The number of carbonyl (C=O) groups excluding carboxylic acids is 2. The van der Waals surface area contributed by atoms with Gasteiger partial charge < -0.3 is 10.1 Å². The van der Waals surface area contributed by atoms with Crippen molar-refractivity contribution < 1.29 is 14.3 Å². The Morgan fingerprint density at radius 2 is 1.70 bits per heavy atom. The van der Waals surface area contributed by atoms with Crippen LogP contribution >= 0.6 is 0 Å². The maximum atomic E-state index is 12.2. The van der Waals surface area contributed by atoms with Gasteiger partial charge in [0, 0.05) is 12.4 Å². The van der Waals surface area contributed by atoms with Gasteiger partial charge in [-0.2, -0.15) is 5.10 Å². The van der Waals surface area contributed by atoms with E-state index in [0.717, 1.165) is 5.56 Å². The van der Waals surface area contributed by atoms with Crippen molar-refractivity contribution in [2.45, 2.75) is 13.0 Å². The van der Waals surface area contributed by atoms with Crippen molar-refractivity contribution in [3.63, 3.8) is 0 Å². The van der Waals surface area contributed by atoms with E-state index in [2.05, 4.69) is 10.4 Å². The molecule has 1 N–H and O–H groups in total. The number of hydrogen-bond donors (Lipinski definition) is 1. The lowest BCUT2D eigenvalue weighted by Crippen LogP contribution is -2.32. The fourth-order valence-corrected chi connectivity index (χ4v) is 2.68. The largest absolute Gasteiger partial charge is 0.460 e. The van der Waals surface area contributed by atoms with Crippen LogP contribution in [-0.4, -0.2) is 28.2 Å². The van der Waals surface area contributed by atoms with Crippen molar-refractivity contribution in [2.24, 2.45) is 7.05 Å². The molecule has 0 aliphatic carbocycles. The maximum Gasteiger partial charge on any atom is 0.325 e. The number of nitrogens with zero attached hydrogens (tertiary/aromatic N) is 2. The molecule has 138 valence electrons. The second-order valence-corrected chi connectivity index (χ2v) is 6.02. The zero-order chi connectivity index (χ0) is 19.2. The van der Waals surface area contributed by atoms with Crippen LogP contribution in [0.5, 0.6) is 0 Å². The van der Waals surface area contributed by atoms with E-state index in [4.69, 9.17) is 4.74 Å². The van der Waals surface area contributed by atoms with E-state index in [-0.39, 0.29) is 31.0 Å². The number of hydrogen-bond acceptors (Lipinski definition) is 5. The van der Waals surface area contributed by atoms with Gasteiger partial charge in [0.1, 0.15) is 13.2 Å². The van der Waals surface area contributed by atoms with Gasteiger partial charge in [0.15, 0.2) is 0 Å². The van der Waals surface area contributed by atoms with Gasteiger partial charge in [0.25, 0.3) is 5.56 Å². The Morgan fingerprint density at radius 3 is 2.44 bits per heavy atom. The second-order valence-electron chi connectivity index (χ2n) is 6.02. The number of ether oxygens (including phenoxy) is 1. The highest BCUT2D eigenvalue weighted by molar-refractivity contribution is 5.89. The maximum absolute atomic E-state index is 12.2. The third-order valence-electron chi connectivity index (χ3n) is 4.03. The molecular formula is C20H19N3O4. The van der Waals surface area contributed by atoms with Gasteiger partial charge in [-0.25, -0.2) is 4.68 Å². The SMILES string of the molecule is Cn1nc(CC(=O)NCC(=O)OCc2ccccc2)c2ccccc2c1=O. The third kappa shape index (κ3) is 4.58. The van der Waals surface area contributed by atoms with Crippen LogP contribution in [0.4, 0.5) is 0 Å². The predicted molar refractivity (Wildman–Crippen MR) is 99.9 cm³/mol. The molecular weight excluding hydrogens is 346 g/mol. The number of benzene rings is 2. The van der Waals surface area contributed by atoms with Gasteiger partial charge in [0.2, 0.25) is 5.91 Å². The van der Waals surface area contributed by atoms with E-state index in [1.165, 1.54) is 11.7 Å². The first kappa shape index (κ1) is 18.3. The van der Waals surface area contributed by atoms with Gasteiger partial charge >= 0.3 is 5.97 Å². The molecule has 2 aromatic carbocycles. The third-order valence-corrected chi connectivity index (χ3v) is 4.03. The van der Waals surface area contributed by atoms with Crippen LogP contribution in [0.1, 0.15) is 11.3 Å². The Balaban J connectivity index is 1.58. The molecule has 0 aliphatic heterocycles. The van der Waals surface area contributed by atoms with Crippen LogP contribution in [-0.2, 0) is 34.4 Å². The highest BCUT2D eigenvalue weighted by Gasteiger charge is 2.13. The highest BCUT2D eigenvalue weighted by Crippen LogP contribution is 2.13. The first-order valence-electron chi connectivity index (χ1n) is 8.46. The molecule has 0 saturated heterocycles. The number of aryl methyl sites for hydroxylation is 1. The number of carbonyl (C=O) groups is 2. The molecule has 0 spiro atoms. The molecule has 0 saturated carbocycles. The molecule has 1 amide bonds. The minimum Gasteiger partial charge on any atom is -0.460 e. The second kappa shape index (κ2) is 8.27.